The van der Waals surface area contributed by atoms with Crippen LogP contribution >= 0.6 is 23.4 Å². The highest BCUT2D eigenvalue weighted by molar-refractivity contribution is 7.99. The number of carbonyl (C=O) groups is 1. The number of halogens is 2. The molecule has 2 aromatic carbocycles. The summed E-state index contributed by atoms with van der Waals surface area (Å²) in [4.78, 5) is 17.2. The van der Waals surface area contributed by atoms with Crippen molar-refractivity contribution in [1.82, 2.24) is 9.80 Å². The highest BCUT2D eigenvalue weighted by atomic mass is 35.5. The van der Waals surface area contributed by atoms with Crippen LogP contribution in [0.1, 0.15) is 30.3 Å². The molecule has 1 saturated heterocycles. The maximum absolute atomic E-state index is 13.3. The zero-order chi connectivity index (χ0) is 20.1. The normalized spacial score (nSPS) is 16.9. The van der Waals surface area contributed by atoms with Crippen LogP contribution in [-0.2, 0) is 11.3 Å². The van der Waals surface area contributed by atoms with Gasteiger partial charge in [0.25, 0.3) is 0 Å². The first-order chi connectivity index (χ1) is 13.4. The largest absolute Gasteiger partial charge is 0.325 e. The molecule has 1 atom stereocenters. The molecule has 3 nitrogen and oxygen atoms in total. The molecule has 6 heteroatoms. The molecule has 1 amide bonds. The number of nitrogens with zero attached hydrogens (tertiary/aromatic N) is 2. The molecule has 1 aliphatic rings. The molecule has 0 radical (unpaired) electrons. The number of amides is 1. The third-order valence-electron chi connectivity index (χ3n) is 4.64. The minimum absolute atomic E-state index is 0.0415. The molecule has 1 fully saturated rings. The number of hydrogen-bond donors (Lipinski definition) is 0. The molecule has 28 heavy (non-hydrogen) atoms. The molecule has 0 N–H and O–H groups in total. The Hall–Kier alpha value is -1.56. The Morgan fingerprint density at radius 3 is 2.71 bits per heavy atom. The first-order valence-corrected chi connectivity index (χ1v) is 11.0. The monoisotopic (exact) mass is 420 g/mol. The van der Waals surface area contributed by atoms with Gasteiger partial charge in [-0.1, -0.05) is 49.7 Å². The van der Waals surface area contributed by atoms with Crippen molar-refractivity contribution in [3.63, 3.8) is 0 Å². The molecule has 0 spiro atoms. The molecule has 150 valence electrons. The third kappa shape index (κ3) is 5.72. The summed E-state index contributed by atoms with van der Waals surface area (Å²) >= 11 is 7.85. The van der Waals surface area contributed by atoms with Crippen molar-refractivity contribution in [1.29, 1.82) is 0 Å². The van der Waals surface area contributed by atoms with Crippen molar-refractivity contribution in [2.75, 3.05) is 25.4 Å². The van der Waals surface area contributed by atoms with Crippen LogP contribution in [0.5, 0.6) is 0 Å². The Bertz CT molecular complexity index is 799. The minimum Gasteiger partial charge on any atom is -0.325 e. The second kappa shape index (κ2) is 9.77. The van der Waals surface area contributed by atoms with Crippen LogP contribution in [0.25, 0.3) is 0 Å². The number of rotatable bonds is 7. The van der Waals surface area contributed by atoms with E-state index in [2.05, 4.69) is 18.7 Å². The van der Waals surface area contributed by atoms with E-state index in [1.54, 1.807) is 23.9 Å². The van der Waals surface area contributed by atoms with Crippen molar-refractivity contribution >= 4 is 29.3 Å². The lowest BCUT2D eigenvalue weighted by molar-refractivity contribution is -0.132. The van der Waals surface area contributed by atoms with Gasteiger partial charge in [0.15, 0.2) is 0 Å². The molecule has 1 heterocycles. The quantitative estimate of drug-likeness (QED) is 0.614. The molecule has 0 aromatic heterocycles. The number of benzene rings is 2. The Morgan fingerprint density at radius 2 is 2.04 bits per heavy atom. The van der Waals surface area contributed by atoms with E-state index in [0.717, 1.165) is 30.0 Å². The fourth-order valence-corrected chi connectivity index (χ4v) is 5.00. The molecular formula is C22H26ClFN2OS. The van der Waals surface area contributed by atoms with Crippen molar-refractivity contribution in [3.05, 3.63) is 70.5 Å². The number of carbonyl (C=O) groups excluding carboxylic acids is 1. The van der Waals surface area contributed by atoms with Crippen molar-refractivity contribution in [2.24, 2.45) is 5.92 Å². The molecule has 2 aromatic rings. The number of hydrogen-bond acceptors (Lipinski definition) is 3. The summed E-state index contributed by atoms with van der Waals surface area (Å²) in [6, 6.07) is 14.3. The van der Waals surface area contributed by atoms with Crippen LogP contribution in [0.15, 0.2) is 48.5 Å². The lowest BCUT2D eigenvalue weighted by Crippen LogP contribution is -2.41. The van der Waals surface area contributed by atoms with Gasteiger partial charge >= 0.3 is 0 Å². The summed E-state index contributed by atoms with van der Waals surface area (Å²) < 4.78 is 13.3. The lowest BCUT2D eigenvalue weighted by atomic mass is 10.1. The molecule has 0 bridgehead atoms. The fourth-order valence-electron chi connectivity index (χ4n) is 3.51. The van der Waals surface area contributed by atoms with E-state index in [4.69, 9.17) is 11.6 Å². The van der Waals surface area contributed by atoms with Crippen molar-refractivity contribution < 1.29 is 9.18 Å². The maximum atomic E-state index is 13.3. The van der Waals surface area contributed by atoms with E-state index >= 15 is 0 Å². The SMILES string of the molecule is CC(C)CN(CC(=O)N1CCSC1c1ccc(F)cc1)Cc1cccc(Cl)c1. The van der Waals surface area contributed by atoms with Crippen LogP contribution in [-0.4, -0.2) is 41.1 Å². The van der Waals surface area contributed by atoms with Crippen LogP contribution in [0.2, 0.25) is 5.02 Å². The summed E-state index contributed by atoms with van der Waals surface area (Å²) in [5, 5.41) is 0.667. The van der Waals surface area contributed by atoms with Crippen LogP contribution < -0.4 is 0 Å². The maximum Gasteiger partial charge on any atom is 0.237 e. The van der Waals surface area contributed by atoms with Crippen LogP contribution in [0, 0.1) is 11.7 Å². The fraction of sp³-hybridized carbons (Fsp3) is 0.409. The standard InChI is InChI=1S/C22H26ClFN2OS/c1-16(2)13-25(14-17-4-3-5-19(23)12-17)15-21(27)26-10-11-28-22(26)18-6-8-20(24)9-7-18/h3-9,12,16,22H,10-11,13-15H2,1-2H3. The van der Waals surface area contributed by atoms with Gasteiger partial charge in [0.05, 0.1) is 6.54 Å². The Balaban J connectivity index is 1.70. The van der Waals surface area contributed by atoms with Gasteiger partial charge < -0.3 is 4.90 Å². The first-order valence-electron chi connectivity index (χ1n) is 9.55. The highest BCUT2D eigenvalue weighted by Crippen LogP contribution is 2.38. The number of thioether (sulfide) groups is 1. The second-order valence-electron chi connectivity index (χ2n) is 7.56. The van der Waals surface area contributed by atoms with Gasteiger partial charge in [-0.3, -0.25) is 9.69 Å². The van der Waals surface area contributed by atoms with Gasteiger partial charge in [0.1, 0.15) is 11.2 Å². The van der Waals surface area contributed by atoms with E-state index in [1.165, 1.54) is 12.1 Å². The zero-order valence-electron chi connectivity index (χ0n) is 16.3. The van der Waals surface area contributed by atoms with Crippen LogP contribution in [0.4, 0.5) is 4.39 Å². The average Bonchev–Trinajstić information content (AvgIpc) is 3.11. The van der Waals surface area contributed by atoms with E-state index in [-0.39, 0.29) is 17.1 Å². The van der Waals surface area contributed by atoms with E-state index in [1.807, 2.05) is 29.2 Å². The molecule has 1 unspecified atom stereocenters. The molecule has 1 aliphatic heterocycles. The van der Waals surface area contributed by atoms with E-state index in [9.17, 15) is 9.18 Å². The van der Waals surface area contributed by atoms with Gasteiger partial charge in [-0.15, -0.1) is 11.8 Å². The first kappa shape index (κ1) is 21.2. The Kier molecular flexibility index (Phi) is 7.38. The van der Waals surface area contributed by atoms with Crippen molar-refractivity contribution in [3.8, 4) is 0 Å². The lowest BCUT2D eigenvalue weighted by Gasteiger charge is -2.29. The third-order valence-corrected chi connectivity index (χ3v) is 6.14. The van der Waals surface area contributed by atoms with Gasteiger partial charge in [-0.25, -0.2) is 4.39 Å². The van der Waals surface area contributed by atoms with E-state index in [0.29, 0.717) is 24.0 Å². The predicted molar refractivity (Wildman–Crippen MR) is 115 cm³/mol. The Labute approximate surface area is 175 Å². The van der Waals surface area contributed by atoms with Gasteiger partial charge in [0, 0.05) is 30.4 Å². The van der Waals surface area contributed by atoms with Gasteiger partial charge in [-0.2, -0.15) is 0 Å². The van der Waals surface area contributed by atoms with E-state index < -0.39 is 0 Å². The zero-order valence-corrected chi connectivity index (χ0v) is 17.8. The summed E-state index contributed by atoms with van der Waals surface area (Å²) in [6.07, 6.45) is 0. The summed E-state index contributed by atoms with van der Waals surface area (Å²) in [7, 11) is 0. The molecule has 3 rings (SSSR count). The molecule has 0 saturated carbocycles. The van der Waals surface area contributed by atoms with Crippen LogP contribution in [0.3, 0.4) is 0 Å². The summed E-state index contributed by atoms with van der Waals surface area (Å²) in [5.74, 6) is 1.20. The minimum atomic E-state index is -0.255. The predicted octanol–water partition coefficient (Wildman–Crippen LogP) is 5.21. The average molecular weight is 421 g/mol. The van der Waals surface area contributed by atoms with Gasteiger partial charge in [0.2, 0.25) is 5.91 Å². The second-order valence-corrected chi connectivity index (χ2v) is 9.18. The Morgan fingerprint density at radius 1 is 1.29 bits per heavy atom. The molecule has 0 aliphatic carbocycles. The van der Waals surface area contributed by atoms with Gasteiger partial charge in [-0.05, 0) is 41.3 Å². The van der Waals surface area contributed by atoms with Crippen molar-refractivity contribution in [2.45, 2.75) is 25.8 Å². The highest BCUT2D eigenvalue weighted by Gasteiger charge is 2.31. The molecular weight excluding hydrogens is 395 g/mol. The smallest absolute Gasteiger partial charge is 0.237 e. The summed E-state index contributed by atoms with van der Waals surface area (Å²) in [6.45, 7) is 6.92. The summed E-state index contributed by atoms with van der Waals surface area (Å²) in [5.41, 5.74) is 2.08. The topological polar surface area (TPSA) is 23.6 Å².